The molecule has 0 bridgehead atoms. The zero-order chi connectivity index (χ0) is 4.50. The predicted molar refractivity (Wildman–Crippen MR) is 33.7 cm³/mol. The fourth-order valence-corrected chi connectivity index (χ4v) is 0. The summed E-state index contributed by atoms with van der Waals surface area (Å²) in [4.78, 5) is 29.2. The van der Waals surface area contributed by atoms with Crippen LogP contribution in [-0.4, -0.2) is 74.7 Å². The Bertz CT molecular complexity index is 34.0. The summed E-state index contributed by atoms with van der Waals surface area (Å²) in [7, 11) is -4.39. The fraction of sp³-hybridized carbons (Fsp3) is 0. The second-order valence-corrected chi connectivity index (χ2v) is 1.61. The molecule has 0 spiro atoms. The smallest absolute Gasteiger partial charge is 1.00 e. The predicted octanol–water partition coefficient (Wildman–Crippen LogP) is -2.71. The van der Waals surface area contributed by atoms with E-state index >= 15 is 0 Å². The van der Waals surface area contributed by atoms with Crippen molar-refractivity contribution < 1.29 is 22.4 Å². The summed E-state index contributed by atoms with van der Waals surface area (Å²) >= 11 is 0. The van der Waals surface area contributed by atoms with E-state index in [0.717, 1.165) is 0 Å². The van der Waals surface area contributed by atoms with Gasteiger partial charge in [-0.1, -0.05) is 0 Å². The number of rotatable bonds is 0. The molecule has 0 unspecified atom stereocenters. The average molecular weight is 171 g/mol. The van der Waals surface area contributed by atoms with Crippen LogP contribution in [0.15, 0.2) is 0 Å². The fourth-order valence-electron chi connectivity index (χ4n) is 0. The largest absolute Gasteiger partial charge is 2.00 e. The van der Waals surface area contributed by atoms with Gasteiger partial charge in [0.05, 0.1) is 0 Å². The maximum absolute atomic E-state index is 7.30. The molecule has 0 saturated heterocycles. The summed E-state index contributed by atoms with van der Waals surface area (Å²) in [5.41, 5.74) is 0. The van der Waals surface area contributed by atoms with Gasteiger partial charge in [-0.05, 0) is 0 Å². The Hall–Kier alpha value is 2.06. The van der Waals surface area contributed by atoms with Crippen LogP contribution in [0.25, 0.3) is 0 Å². The summed E-state index contributed by atoms with van der Waals surface area (Å²) in [5.74, 6) is 0. The van der Waals surface area contributed by atoms with E-state index in [-0.39, 0.29) is 58.0 Å². The molecule has 7 heavy (non-hydrogen) atoms. The van der Waals surface area contributed by atoms with Crippen molar-refractivity contribution in [2.24, 2.45) is 0 Å². The van der Waals surface area contributed by atoms with E-state index in [9.17, 15) is 0 Å². The van der Waals surface area contributed by atoms with Gasteiger partial charge >= 0.3 is 45.9 Å². The molecule has 0 aliphatic carbocycles. The molecule has 0 fully saturated rings. The normalized spacial score (nSPS) is 8.57. The molecule has 4 nitrogen and oxygen atoms in total. The van der Waals surface area contributed by atoms with Gasteiger partial charge in [-0.3, -0.25) is 0 Å². The van der Waals surface area contributed by atoms with Gasteiger partial charge in [-0.15, -0.1) is 0 Å². The van der Waals surface area contributed by atoms with Crippen LogP contribution in [0.4, 0.5) is 0 Å². The quantitative estimate of drug-likeness (QED) is 0.236. The molecule has 0 heterocycles. The summed E-state index contributed by atoms with van der Waals surface area (Å²) in [5, 5.41) is 0. The van der Waals surface area contributed by atoms with Crippen molar-refractivity contribution in [1.29, 1.82) is 0 Å². The first-order valence-corrected chi connectivity index (χ1v) is 2.40. The third kappa shape index (κ3) is 69.7. The van der Waals surface area contributed by atoms with Crippen LogP contribution in [0, 0.1) is 0 Å². The van der Waals surface area contributed by atoms with Crippen molar-refractivity contribution >= 4 is 63.3 Å². The van der Waals surface area contributed by atoms with E-state index in [1.807, 2.05) is 0 Å². The molecular formula is H9AlCaO4P+. The Labute approximate surface area is 84.9 Å². The van der Waals surface area contributed by atoms with Crippen LogP contribution < -0.4 is 0 Å². The third-order valence-corrected chi connectivity index (χ3v) is 0. The van der Waals surface area contributed by atoms with Gasteiger partial charge < -0.3 is 2.85 Å². The van der Waals surface area contributed by atoms with Gasteiger partial charge in [0.25, 0.3) is 0 Å². The van der Waals surface area contributed by atoms with Crippen molar-refractivity contribution in [2.75, 3.05) is 0 Å². The van der Waals surface area contributed by atoms with Crippen molar-refractivity contribution in [2.45, 2.75) is 0 Å². The van der Waals surface area contributed by atoms with E-state index < -0.39 is 8.17 Å². The Morgan fingerprint density at radius 2 is 1.00 bits per heavy atom. The van der Waals surface area contributed by atoms with Crippen LogP contribution in [-0.2, 0) is 0 Å². The zero-order valence-corrected chi connectivity index (χ0v) is 6.05. The second-order valence-electron chi connectivity index (χ2n) is 0.537. The Morgan fingerprint density at radius 1 is 1.00 bits per heavy atom. The standard InChI is InChI=1S/Al.Ca.H4O4P.5H/c;;1-5(2,3)4;;;;;/h;;1-4H;;;;;/q;+2;+1;;;;2*-1. The zero-order valence-electron chi connectivity index (χ0n) is 4.94. The van der Waals surface area contributed by atoms with Gasteiger partial charge in [0.2, 0.25) is 0 Å². The molecule has 0 atom stereocenters. The second kappa shape index (κ2) is 6.19. The Morgan fingerprint density at radius 3 is 1.00 bits per heavy atom. The van der Waals surface area contributed by atoms with Crippen LogP contribution in [0.2, 0.25) is 0 Å². The van der Waals surface area contributed by atoms with E-state index in [2.05, 4.69) is 0 Å². The molecule has 42 valence electrons. The van der Waals surface area contributed by atoms with Crippen molar-refractivity contribution in [3.8, 4) is 0 Å². The maximum atomic E-state index is 7.30. The average Bonchev–Trinajstić information content (AvgIpc) is 0.722. The minimum absolute atomic E-state index is 0. The van der Waals surface area contributed by atoms with Gasteiger partial charge in [0, 0.05) is 0 Å². The first-order chi connectivity index (χ1) is 2.00. The molecule has 0 radical (unpaired) electrons. The van der Waals surface area contributed by atoms with Crippen molar-refractivity contribution in [3.63, 3.8) is 0 Å². The monoisotopic (exact) mass is 171 g/mol. The molecular weight excluding hydrogens is 162 g/mol. The molecule has 4 N–H and O–H groups in total. The van der Waals surface area contributed by atoms with Crippen molar-refractivity contribution in [1.82, 2.24) is 0 Å². The Balaban J connectivity index is -0.0000000133. The molecule has 0 saturated carbocycles. The molecule has 0 rings (SSSR count). The summed E-state index contributed by atoms with van der Waals surface area (Å²) in [6.07, 6.45) is 0. The minimum atomic E-state index is -4.39. The van der Waals surface area contributed by atoms with Gasteiger partial charge in [-0.25, -0.2) is 0 Å². The van der Waals surface area contributed by atoms with Gasteiger partial charge in [0.15, 0.2) is 17.4 Å². The van der Waals surface area contributed by atoms with Gasteiger partial charge in [-0.2, -0.15) is 19.6 Å². The number of hydrogen-bond donors (Lipinski definition) is 4. The van der Waals surface area contributed by atoms with Crippen LogP contribution >= 0.6 is 8.17 Å². The molecule has 0 aliphatic rings. The van der Waals surface area contributed by atoms with Crippen molar-refractivity contribution in [3.05, 3.63) is 0 Å². The molecule has 7 heteroatoms. The number of hydrogen-bond acceptors (Lipinski definition) is 4. The molecule has 0 amide bonds. The third-order valence-electron chi connectivity index (χ3n) is 0. The van der Waals surface area contributed by atoms with Crippen LogP contribution in [0.1, 0.15) is 2.85 Å². The molecule has 0 aromatic heterocycles. The Kier molecular flexibility index (Phi) is 14.2. The minimum Gasteiger partial charge on any atom is -1.00 e. The van der Waals surface area contributed by atoms with E-state index in [1.54, 1.807) is 0 Å². The first kappa shape index (κ1) is 16.0. The van der Waals surface area contributed by atoms with E-state index in [4.69, 9.17) is 19.6 Å². The topological polar surface area (TPSA) is 80.9 Å². The van der Waals surface area contributed by atoms with Crippen LogP contribution in [0.5, 0.6) is 0 Å². The molecule has 0 aromatic carbocycles. The van der Waals surface area contributed by atoms with E-state index in [0.29, 0.717) is 0 Å². The van der Waals surface area contributed by atoms with E-state index in [1.165, 1.54) is 0 Å². The molecule has 0 aliphatic heterocycles. The van der Waals surface area contributed by atoms with Gasteiger partial charge in [0.1, 0.15) is 0 Å². The maximum Gasteiger partial charge on any atom is 2.00 e. The summed E-state index contributed by atoms with van der Waals surface area (Å²) in [6.45, 7) is 0. The summed E-state index contributed by atoms with van der Waals surface area (Å²) in [6, 6.07) is 0. The SMILES string of the molecule is O[P+](O)(O)O.[AlH3].[Ca+2].[H-].[H-]. The van der Waals surface area contributed by atoms with Crippen LogP contribution in [0.3, 0.4) is 0 Å². The first-order valence-electron chi connectivity index (χ1n) is 0.800. The molecule has 0 aromatic rings. The summed E-state index contributed by atoms with van der Waals surface area (Å²) < 4.78 is 0.